The van der Waals surface area contributed by atoms with Crippen molar-refractivity contribution in [1.29, 1.82) is 5.41 Å². The molecule has 0 unspecified atom stereocenters. The van der Waals surface area contributed by atoms with Gasteiger partial charge in [0, 0.05) is 12.1 Å². The van der Waals surface area contributed by atoms with Crippen molar-refractivity contribution < 1.29 is 4.74 Å². The number of nitrogens with two attached hydrogens (primary N) is 3. The molecule has 0 aromatic heterocycles. The van der Waals surface area contributed by atoms with Gasteiger partial charge in [-0.15, -0.1) is 0 Å². The predicted octanol–water partition coefficient (Wildman–Crippen LogP) is 3.10. The van der Waals surface area contributed by atoms with Crippen LogP contribution in [0, 0.1) is 5.41 Å². The zero-order valence-electron chi connectivity index (χ0n) is 16.7. The second-order valence-electron chi connectivity index (χ2n) is 6.79. The van der Waals surface area contributed by atoms with Gasteiger partial charge in [0.1, 0.15) is 11.6 Å². The van der Waals surface area contributed by atoms with Crippen molar-refractivity contribution in [3.05, 3.63) is 28.2 Å². The second-order valence-corrected chi connectivity index (χ2v) is 7.65. The number of amidine groups is 1. The van der Waals surface area contributed by atoms with E-state index in [-0.39, 0.29) is 11.8 Å². The molecule has 0 heterocycles. The number of hydrogen-bond donors (Lipinski definition) is 5. The summed E-state index contributed by atoms with van der Waals surface area (Å²) in [6, 6.07) is 5.46. The van der Waals surface area contributed by atoms with E-state index in [2.05, 4.69) is 26.2 Å². The van der Waals surface area contributed by atoms with E-state index in [0.717, 1.165) is 49.1 Å². The highest BCUT2D eigenvalue weighted by Gasteiger charge is 2.04. The van der Waals surface area contributed by atoms with Crippen LogP contribution in [-0.4, -0.2) is 38.0 Å². The minimum atomic E-state index is 0.0566. The lowest BCUT2D eigenvalue weighted by atomic mass is 10.1. The lowest BCUT2D eigenvalue weighted by molar-refractivity contribution is 0.304. The van der Waals surface area contributed by atoms with Crippen molar-refractivity contribution in [3.8, 4) is 5.75 Å². The third-order valence-corrected chi connectivity index (χ3v) is 4.92. The van der Waals surface area contributed by atoms with E-state index >= 15 is 0 Å². The fourth-order valence-electron chi connectivity index (χ4n) is 2.72. The molecular formula is C20H35BrN6O. The van der Waals surface area contributed by atoms with Gasteiger partial charge in [-0.05, 0) is 72.9 Å². The van der Waals surface area contributed by atoms with Crippen LogP contribution >= 0.6 is 15.9 Å². The predicted molar refractivity (Wildman–Crippen MR) is 121 cm³/mol. The summed E-state index contributed by atoms with van der Waals surface area (Å²) >= 11 is 3.46. The van der Waals surface area contributed by atoms with Crippen molar-refractivity contribution in [3.63, 3.8) is 0 Å². The first-order chi connectivity index (χ1) is 13.5. The zero-order chi connectivity index (χ0) is 20.6. The Morgan fingerprint density at radius 3 is 2.25 bits per heavy atom. The molecule has 0 aliphatic heterocycles. The average Bonchev–Trinajstić information content (AvgIpc) is 2.65. The van der Waals surface area contributed by atoms with Crippen molar-refractivity contribution >= 4 is 27.7 Å². The largest absolute Gasteiger partial charge is 0.492 e. The maximum Gasteiger partial charge on any atom is 0.185 e. The number of halogens is 1. The number of guanidine groups is 1. The highest BCUT2D eigenvalue weighted by Crippen LogP contribution is 2.26. The molecule has 28 heavy (non-hydrogen) atoms. The summed E-state index contributed by atoms with van der Waals surface area (Å²) in [5.41, 5.74) is 16.7. The van der Waals surface area contributed by atoms with Crippen LogP contribution in [-0.2, 0) is 0 Å². The summed E-state index contributed by atoms with van der Waals surface area (Å²) in [6.07, 6.45) is 9.36. The fourth-order valence-corrected chi connectivity index (χ4v) is 3.21. The fraction of sp³-hybridized carbons (Fsp3) is 0.600. The molecule has 158 valence electrons. The molecule has 0 saturated heterocycles. The molecule has 1 aromatic rings. The molecule has 7 nitrogen and oxygen atoms in total. The number of nitrogens with one attached hydrogen (secondary N) is 2. The van der Waals surface area contributed by atoms with Crippen molar-refractivity contribution in [1.82, 2.24) is 5.32 Å². The standard InChI is InChI=1S/C20H35BrN6O/c21-17-15-16(19(22)23)9-10-18(17)28-14-8-7-12-26-11-5-3-1-2-4-6-13-27-20(24)25/h9-10,15,26H,1-8,11-14H2,(H3,22,23)(H4,24,25,27). The molecule has 0 radical (unpaired) electrons. The molecule has 0 bridgehead atoms. The molecule has 0 aliphatic rings. The van der Waals surface area contributed by atoms with Crippen LogP contribution in [0.1, 0.15) is 56.9 Å². The molecule has 1 rings (SSSR count). The SMILES string of the molecule is N=C(N)c1ccc(OCCCCNCCCCCCCCN=C(N)N)c(Br)c1. The molecule has 0 aliphatic carbocycles. The first-order valence-corrected chi connectivity index (χ1v) is 10.8. The Bertz CT molecular complexity index is 604. The Morgan fingerprint density at radius 1 is 0.964 bits per heavy atom. The van der Waals surface area contributed by atoms with E-state index in [0.29, 0.717) is 12.2 Å². The van der Waals surface area contributed by atoms with E-state index < -0.39 is 0 Å². The molecule has 1 aromatic carbocycles. The maximum atomic E-state index is 7.43. The number of benzene rings is 1. The summed E-state index contributed by atoms with van der Waals surface area (Å²) in [7, 11) is 0. The summed E-state index contributed by atoms with van der Waals surface area (Å²) in [5.74, 6) is 1.03. The van der Waals surface area contributed by atoms with E-state index in [1.54, 1.807) is 6.07 Å². The number of rotatable bonds is 16. The van der Waals surface area contributed by atoms with Gasteiger partial charge >= 0.3 is 0 Å². The highest BCUT2D eigenvalue weighted by atomic mass is 79.9. The summed E-state index contributed by atoms with van der Waals surface area (Å²) in [4.78, 5) is 3.98. The normalized spacial score (nSPS) is 10.6. The van der Waals surface area contributed by atoms with Gasteiger partial charge in [0.2, 0.25) is 0 Å². The van der Waals surface area contributed by atoms with Crippen LogP contribution in [0.4, 0.5) is 0 Å². The Balaban J connectivity index is 1.91. The number of aliphatic imine (C=N–C) groups is 1. The minimum Gasteiger partial charge on any atom is -0.492 e. The van der Waals surface area contributed by atoms with Crippen LogP contribution in [0.2, 0.25) is 0 Å². The third kappa shape index (κ3) is 11.8. The van der Waals surface area contributed by atoms with Crippen LogP contribution in [0.5, 0.6) is 5.75 Å². The molecule has 8 heteroatoms. The van der Waals surface area contributed by atoms with Crippen LogP contribution in [0.25, 0.3) is 0 Å². The Labute approximate surface area is 177 Å². The lowest BCUT2D eigenvalue weighted by Gasteiger charge is -2.10. The first kappa shape index (κ1) is 24.2. The highest BCUT2D eigenvalue weighted by molar-refractivity contribution is 9.10. The Hall–Kier alpha value is -1.80. The molecule has 0 atom stereocenters. The molecule has 0 fully saturated rings. The van der Waals surface area contributed by atoms with Gasteiger partial charge in [-0.25, -0.2) is 0 Å². The van der Waals surface area contributed by atoms with Crippen molar-refractivity contribution in [2.75, 3.05) is 26.2 Å². The van der Waals surface area contributed by atoms with Gasteiger partial charge in [-0.2, -0.15) is 0 Å². The van der Waals surface area contributed by atoms with Gasteiger partial charge < -0.3 is 27.3 Å². The minimum absolute atomic E-state index is 0.0566. The van der Waals surface area contributed by atoms with E-state index in [4.69, 9.17) is 27.3 Å². The Morgan fingerprint density at radius 2 is 1.61 bits per heavy atom. The van der Waals surface area contributed by atoms with E-state index in [9.17, 15) is 0 Å². The topological polar surface area (TPSA) is 136 Å². The smallest absolute Gasteiger partial charge is 0.185 e. The number of hydrogen-bond acceptors (Lipinski definition) is 4. The van der Waals surface area contributed by atoms with Crippen molar-refractivity contribution in [2.45, 2.75) is 51.4 Å². The van der Waals surface area contributed by atoms with Gasteiger partial charge in [-0.3, -0.25) is 10.4 Å². The maximum absolute atomic E-state index is 7.43. The van der Waals surface area contributed by atoms with Gasteiger partial charge in [0.15, 0.2) is 5.96 Å². The number of nitrogens with zero attached hydrogens (tertiary/aromatic N) is 1. The Kier molecular flexibility index (Phi) is 13.1. The number of ether oxygens (including phenoxy) is 1. The average molecular weight is 455 g/mol. The first-order valence-electron chi connectivity index (χ1n) is 10.0. The van der Waals surface area contributed by atoms with Crippen LogP contribution < -0.4 is 27.3 Å². The lowest BCUT2D eigenvalue weighted by Crippen LogP contribution is -2.22. The molecule has 8 N–H and O–H groups in total. The zero-order valence-corrected chi connectivity index (χ0v) is 18.3. The number of nitrogen functional groups attached to an aromatic ring is 1. The molecular weight excluding hydrogens is 420 g/mol. The summed E-state index contributed by atoms with van der Waals surface area (Å²) in [6.45, 7) is 3.52. The molecule has 0 spiro atoms. The van der Waals surface area contributed by atoms with Crippen LogP contribution in [0.15, 0.2) is 27.7 Å². The molecule has 0 saturated carbocycles. The van der Waals surface area contributed by atoms with Gasteiger partial charge in [-0.1, -0.05) is 25.7 Å². The molecule has 0 amide bonds. The quantitative estimate of drug-likeness (QED) is 0.148. The summed E-state index contributed by atoms with van der Waals surface area (Å²) in [5, 5.41) is 10.9. The van der Waals surface area contributed by atoms with Gasteiger partial charge in [0.05, 0.1) is 11.1 Å². The second kappa shape index (κ2) is 15.2. The summed E-state index contributed by atoms with van der Waals surface area (Å²) < 4.78 is 6.60. The van der Waals surface area contributed by atoms with E-state index in [1.165, 1.54) is 32.1 Å². The van der Waals surface area contributed by atoms with Crippen LogP contribution in [0.3, 0.4) is 0 Å². The van der Waals surface area contributed by atoms with Crippen molar-refractivity contribution in [2.24, 2.45) is 22.2 Å². The monoisotopic (exact) mass is 454 g/mol. The van der Waals surface area contributed by atoms with E-state index in [1.807, 2.05) is 12.1 Å². The third-order valence-electron chi connectivity index (χ3n) is 4.30. The van der Waals surface area contributed by atoms with Gasteiger partial charge in [0.25, 0.3) is 0 Å². The number of unbranched alkanes of at least 4 members (excludes halogenated alkanes) is 6.